The summed E-state index contributed by atoms with van der Waals surface area (Å²) in [4.78, 5) is 12.7. The molecule has 0 atom stereocenters. The molecule has 2 aromatic rings. The summed E-state index contributed by atoms with van der Waals surface area (Å²) >= 11 is 5.88. The molecule has 0 aromatic heterocycles. The average Bonchev–Trinajstić information content (AvgIpc) is 2.60. The lowest BCUT2D eigenvalue weighted by Gasteiger charge is -2.20. The minimum Gasteiger partial charge on any atom is -0.321 e. The van der Waals surface area contributed by atoms with E-state index in [-0.39, 0.29) is 17.4 Å². The second kappa shape index (κ2) is 8.69. The van der Waals surface area contributed by atoms with Gasteiger partial charge in [0.1, 0.15) is 11.6 Å². The van der Waals surface area contributed by atoms with Crippen LogP contribution in [-0.4, -0.2) is 5.91 Å². The highest BCUT2D eigenvalue weighted by Gasteiger charge is 2.18. The van der Waals surface area contributed by atoms with Gasteiger partial charge in [0.05, 0.1) is 0 Å². The van der Waals surface area contributed by atoms with E-state index in [1.165, 1.54) is 0 Å². The Morgan fingerprint density at radius 3 is 2.04 bits per heavy atom. The zero-order valence-corrected chi connectivity index (χ0v) is 16.3. The molecule has 0 fully saturated rings. The highest BCUT2D eigenvalue weighted by molar-refractivity contribution is 6.30. The van der Waals surface area contributed by atoms with Gasteiger partial charge in [0.25, 0.3) is 5.91 Å². The summed E-state index contributed by atoms with van der Waals surface area (Å²) in [5, 5.41) is 13.0. The first-order valence-electron chi connectivity index (χ1n) is 8.65. The van der Waals surface area contributed by atoms with Crippen molar-refractivity contribution in [3.8, 4) is 6.07 Å². The van der Waals surface area contributed by atoms with Crippen molar-refractivity contribution in [3.63, 3.8) is 0 Å². The smallest absolute Gasteiger partial charge is 0.266 e. The van der Waals surface area contributed by atoms with Gasteiger partial charge < -0.3 is 5.32 Å². The van der Waals surface area contributed by atoms with Crippen molar-refractivity contribution in [2.45, 2.75) is 39.5 Å². The van der Waals surface area contributed by atoms with Gasteiger partial charge in [-0.2, -0.15) is 5.26 Å². The van der Waals surface area contributed by atoms with E-state index in [2.05, 4.69) is 33.0 Å². The number of rotatable bonds is 5. The average molecular weight is 367 g/mol. The first-order valence-corrected chi connectivity index (χ1v) is 9.02. The van der Waals surface area contributed by atoms with E-state index >= 15 is 0 Å². The number of halogens is 1. The molecule has 0 radical (unpaired) electrons. The summed E-state index contributed by atoms with van der Waals surface area (Å²) in [5.74, 6) is 0.113. The van der Waals surface area contributed by atoms with Gasteiger partial charge in [-0.15, -0.1) is 0 Å². The summed E-state index contributed by atoms with van der Waals surface area (Å²) in [7, 11) is 0. The third kappa shape index (κ3) is 4.74. The highest BCUT2D eigenvalue weighted by atomic mass is 35.5. The van der Waals surface area contributed by atoms with Gasteiger partial charge >= 0.3 is 0 Å². The number of nitrogens with one attached hydrogen (secondary N) is 1. The van der Waals surface area contributed by atoms with Crippen LogP contribution in [0.3, 0.4) is 0 Å². The van der Waals surface area contributed by atoms with Gasteiger partial charge in [-0.1, -0.05) is 69.6 Å². The van der Waals surface area contributed by atoms with E-state index in [1.54, 1.807) is 30.3 Å². The van der Waals surface area contributed by atoms with E-state index in [0.717, 1.165) is 22.4 Å². The Morgan fingerprint density at radius 1 is 1.04 bits per heavy atom. The van der Waals surface area contributed by atoms with Gasteiger partial charge in [-0.3, -0.25) is 4.79 Å². The molecular formula is C22H23ClN2O. The Balaban J connectivity index is 2.39. The lowest BCUT2D eigenvalue weighted by molar-refractivity contribution is -0.112. The Kier molecular flexibility index (Phi) is 6.60. The maximum Gasteiger partial charge on any atom is 0.266 e. The fraction of sp³-hybridized carbons (Fsp3) is 0.273. The topological polar surface area (TPSA) is 52.9 Å². The first kappa shape index (κ1) is 19.8. The molecule has 0 spiro atoms. The summed E-state index contributed by atoms with van der Waals surface area (Å²) in [5.41, 5.74) is 3.74. The minimum absolute atomic E-state index is 0.0561. The number of hydrogen-bond donors (Lipinski definition) is 1. The second-order valence-corrected chi connectivity index (χ2v) is 7.23. The summed E-state index contributed by atoms with van der Waals surface area (Å²) < 4.78 is 0. The Hall–Kier alpha value is -2.57. The van der Waals surface area contributed by atoms with Crippen LogP contribution in [0.5, 0.6) is 0 Å². The molecule has 0 aliphatic heterocycles. The Morgan fingerprint density at radius 2 is 1.58 bits per heavy atom. The molecule has 2 rings (SSSR count). The molecule has 4 heteroatoms. The number of para-hydroxylation sites is 1. The van der Waals surface area contributed by atoms with Crippen LogP contribution >= 0.6 is 11.6 Å². The summed E-state index contributed by atoms with van der Waals surface area (Å²) in [6.45, 7) is 8.35. The molecule has 26 heavy (non-hydrogen) atoms. The number of hydrogen-bond acceptors (Lipinski definition) is 2. The van der Waals surface area contributed by atoms with Crippen molar-refractivity contribution >= 4 is 29.3 Å². The summed E-state index contributed by atoms with van der Waals surface area (Å²) in [6, 6.07) is 15.0. The van der Waals surface area contributed by atoms with Crippen molar-refractivity contribution in [2.24, 2.45) is 0 Å². The quantitative estimate of drug-likeness (QED) is 0.511. The van der Waals surface area contributed by atoms with E-state index < -0.39 is 5.91 Å². The van der Waals surface area contributed by atoms with Gasteiger partial charge in [-0.25, -0.2) is 0 Å². The van der Waals surface area contributed by atoms with Crippen LogP contribution in [-0.2, 0) is 4.79 Å². The molecule has 0 aliphatic carbocycles. The zero-order chi connectivity index (χ0) is 19.3. The standard InChI is InChI=1S/C22H23ClN2O/c1-14(2)19-6-5-7-20(15(3)4)21(19)25-22(26)17(13-24)12-16-8-10-18(23)11-9-16/h5-12,14-15H,1-4H3,(H,25,26). The molecule has 3 nitrogen and oxygen atoms in total. The molecular weight excluding hydrogens is 344 g/mol. The molecule has 134 valence electrons. The molecule has 0 unspecified atom stereocenters. The number of benzene rings is 2. The third-order valence-electron chi connectivity index (χ3n) is 4.16. The summed E-state index contributed by atoms with van der Waals surface area (Å²) in [6.07, 6.45) is 1.57. The molecule has 0 saturated carbocycles. The van der Waals surface area contributed by atoms with Crippen LogP contribution in [0, 0.1) is 11.3 Å². The van der Waals surface area contributed by atoms with Crippen LogP contribution in [0.2, 0.25) is 5.02 Å². The lowest BCUT2D eigenvalue weighted by atomic mass is 9.92. The molecule has 0 heterocycles. The van der Waals surface area contributed by atoms with Crippen LogP contribution in [0.4, 0.5) is 5.69 Å². The van der Waals surface area contributed by atoms with Crippen molar-refractivity contribution in [3.05, 3.63) is 69.8 Å². The minimum atomic E-state index is -0.405. The second-order valence-electron chi connectivity index (χ2n) is 6.80. The highest BCUT2D eigenvalue weighted by Crippen LogP contribution is 2.32. The third-order valence-corrected chi connectivity index (χ3v) is 4.41. The van der Waals surface area contributed by atoms with Crippen LogP contribution < -0.4 is 5.32 Å². The van der Waals surface area contributed by atoms with E-state index in [1.807, 2.05) is 24.3 Å². The van der Waals surface area contributed by atoms with Crippen LogP contribution in [0.25, 0.3) is 6.08 Å². The number of nitrogens with zero attached hydrogens (tertiary/aromatic N) is 1. The maximum atomic E-state index is 12.7. The number of anilines is 1. The molecule has 1 amide bonds. The number of nitriles is 1. The van der Waals surface area contributed by atoms with Crippen LogP contribution in [0.15, 0.2) is 48.0 Å². The maximum absolute atomic E-state index is 12.7. The van der Waals surface area contributed by atoms with E-state index in [4.69, 9.17) is 11.6 Å². The predicted octanol–water partition coefficient (Wildman–Crippen LogP) is 6.13. The fourth-order valence-corrected chi connectivity index (χ4v) is 2.88. The fourth-order valence-electron chi connectivity index (χ4n) is 2.75. The Bertz CT molecular complexity index is 832. The molecule has 2 aromatic carbocycles. The molecule has 0 aliphatic rings. The zero-order valence-electron chi connectivity index (χ0n) is 15.5. The van der Waals surface area contributed by atoms with Crippen molar-refractivity contribution < 1.29 is 4.79 Å². The monoisotopic (exact) mass is 366 g/mol. The first-order chi connectivity index (χ1) is 12.3. The van der Waals surface area contributed by atoms with Gasteiger partial charge in [0.2, 0.25) is 0 Å². The van der Waals surface area contributed by atoms with Crippen molar-refractivity contribution in [1.29, 1.82) is 5.26 Å². The largest absolute Gasteiger partial charge is 0.321 e. The molecule has 1 N–H and O–H groups in total. The molecule has 0 saturated heterocycles. The number of carbonyl (C=O) groups excluding carboxylic acids is 1. The van der Waals surface area contributed by atoms with Crippen molar-refractivity contribution in [1.82, 2.24) is 0 Å². The number of amides is 1. The van der Waals surface area contributed by atoms with Gasteiger partial charge in [-0.05, 0) is 46.7 Å². The predicted molar refractivity (Wildman–Crippen MR) is 108 cm³/mol. The van der Waals surface area contributed by atoms with Gasteiger partial charge in [0, 0.05) is 10.7 Å². The van der Waals surface area contributed by atoms with Crippen LogP contribution in [0.1, 0.15) is 56.2 Å². The lowest BCUT2D eigenvalue weighted by Crippen LogP contribution is -2.17. The van der Waals surface area contributed by atoms with E-state index in [9.17, 15) is 10.1 Å². The van der Waals surface area contributed by atoms with Gasteiger partial charge in [0.15, 0.2) is 0 Å². The van der Waals surface area contributed by atoms with Crippen molar-refractivity contribution in [2.75, 3.05) is 5.32 Å². The molecule has 0 bridgehead atoms. The number of carbonyl (C=O) groups is 1. The van der Waals surface area contributed by atoms with E-state index in [0.29, 0.717) is 5.02 Å². The SMILES string of the molecule is CC(C)c1cccc(C(C)C)c1NC(=O)C(C#N)=Cc1ccc(Cl)cc1. The normalized spacial score (nSPS) is 11.5. The Labute approximate surface area is 160 Å².